The molecule has 29 heavy (non-hydrogen) atoms. The minimum absolute atomic E-state index is 0.0192. The highest BCUT2D eigenvalue weighted by atomic mass is 35.5. The predicted octanol–water partition coefficient (Wildman–Crippen LogP) is 5.96. The lowest BCUT2D eigenvalue weighted by molar-refractivity contribution is -0.145. The minimum atomic E-state index is -0.696. The van der Waals surface area contributed by atoms with E-state index in [0.29, 0.717) is 12.0 Å². The molecule has 0 aliphatic carbocycles. The monoisotopic (exact) mass is 422 g/mol. The van der Waals surface area contributed by atoms with Crippen molar-refractivity contribution in [2.75, 3.05) is 13.2 Å². The van der Waals surface area contributed by atoms with Gasteiger partial charge in [0.05, 0.1) is 11.6 Å². The Kier molecular flexibility index (Phi) is 7.91. The van der Waals surface area contributed by atoms with Crippen molar-refractivity contribution in [3.05, 3.63) is 57.4 Å². The number of benzene rings is 2. The van der Waals surface area contributed by atoms with Crippen molar-refractivity contribution < 1.29 is 23.8 Å². The molecule has 0 spiro atoms. The van der Waals surface area contributed by atoms with Crippen molar-refractivity contribution in [2.45, 2.75) is 52.9 Å². The molecule has 0 unspecified atom stereocenters. The van der Waals surface area contributed by atoms with Gasteiger partial charge >= 0.3 is 5.97 Å². The first kappa shape index (κ1) is 23.0. The summed E-state index contributed by atoms with van der Waals surface area (Å²) in [6.45, 7) is 9.51. The maximum absolute atomic E-state index is 14.9. The van der Waals surface area contributed by atoms with Crippen LogP contribution in [0.3, 0.4) is 0 Å². The summed E-state index contributed by atoms with van der Waals surface area (Å²) in [4.78, 5) is 11.5. The van der Waals surface area contributed by atoms with Gasteiger partial charge in [-0.25, -0.2) is 9.18 Å². The van der Waals surface area contributed by atoms with Gasteiger partial charge in [0.25, 0.3) is 0 Å². The number of hydrogen-bond donors (Lipinski definition) is 1. The van der Waals surface area contributed by atoms with E-state index in [-0.39, 0.29) is 41.6 Å². The van der Waals surface area contributed by atoms with Gasteiger partial charge in [0, 0.05) is 0 Å². The molecule has 2 rings (SSSR count). The summed E-state index contributed by atoms with van der Waals surface area (Å²) in [6.07, 6.45) is 0.418. The van der Waals surface area contributed by atoms with Gasteiger partial charge in [0.1, 0.15) is 5.75 Å². The topological polar surface area (TPSA) is 55.8 Å². The van der Waals surface area contributed by atoms with Gasteiger partial charge in [-0.15, -0.1) is 0 Å². The summed E-state index contributed by atoms with van der Waals surface area (Å²) in [5.41, 5.74) is 3.27. The fourth-order valence-electron chi connectivity index (χ4n) is 3.18. The minimum Gasteiger partial charge on any atom is -0.508 e. The van der Waals surface area contributed by atoms with E-state index >= 15 is 0 Å². The fourth-order valence-corrected chi connectivity index (χ4v) is 3.45. The number of rotatable bonds is 8. The second kappa shape index (κ2) is 9.97. The SMILES string of the molecule is CCOC(=O)COc1cc(C(C)C)c(Cc2ccc(O)c(C(C)C)c2)c(Cl)c1F. The molecule has 0 bridgehead atoms. The first-order chi connectivity index (χ1) is 13.6. The van der Waals surface area contributed by atoms with Gasteiger partial charge in [-0.2, -0.15) is 0 Å². The Balaban J connectivity index is 2.41. The standard InChI is InChI=1S/C23H28ClFO4/c1-6-28-21(27)12-29-20-11-16(13(2)3)18(22(24)23(20)25)10-15-7-8-19(26)17(9-15)14(4)5/h7-9,11,13-14,26H,6,10,12H2,1-5H3. The Morgan fingerprint density at radius 3 is 2.38 bits per heavy atom. The second-order valence-electron chi connectivity index (χ2n) is 7.54. The lowest BCUT2D eigenvalue weighted by Crippen LogP contribution is -2.15. The molecular weight excluding hydrogens is 395 g/mol. The first-order valence-corrected chi connectivity index (χ1v) is 10.1. The number of ether oxygens (including phenoxy) is 2. The van der Waals surface area contributed by atoms with Crippen LogP contribution in [0.1, 0.15) is 68.7 Å². The van der Waals surface area contributed by atoms with Crippen molar-refractivity contribution in [2.24, 2.45) is 0 Å². The molecule has 0 saturated carbocycles. The number of carbonyl (C=O) groups is 1. The average molecular weight is 423 g/mol. The van der Waals surface area contributed by atoms with Crippen LogP contribution in [0, 0.1) is 5.82 Å². The normalized spacial score (nSPS) is 11.2. The zero-order valence-corrected chi connectivity index (χ0v) is 18.3. The summed E-state index contributed by atoms with van der Waals surface area (Å²) in [6, 6.07) is 6.99. The van der Waals surface area contributed by atoms with Crippen molar-refractivity contribution in [1.29, 1.82) is 0 Å². The van der Waals surface area contributed by atoms with Crippen molar-refractivity contribution in [3.63, 3.8) is 0 Å². The number of halogens is 2. The van der Waals surface area contributed by atoms with Crippen LogP contribution in [0.25, 0.3) is 0 Å². The van der Waals surface area contributed by atoms with Gasteiger partial charge in [0.15, 0.2) is 18.2 Å². The number of hydrogen-bond acceptors (Lipinski definition) is 4. The Morgan fingerprint density at radius 1 is 1.14 bits per heavy atom. The molecule has 0 aliphatic heterocycles. The molecule has 0 aromatic heterocycles. The molecule has 0 saturated heterocycles. The highest BCUT2D eigenvalue weighted by Gasteiger charge is 2.21. The molecule has 2 aromatic carbocycles. The third kappa shape index (κ3) is 5.63. The van der Waals surface area contributed by atoms with E-state index in [1.54, 1.807) is 19.1 Å². The second-order valence-corrected chi connectivity index (χ2v) is 7.92. The largest absolute Gasteiger partial charge is 0.508 e. The molecule has 0 aliphatic rings. The Labute approximate surface area is 176 Å². The lowest BCUT2D eigenvalue weighted by atomic mass is 9.90. The zero-order chi connectivity index (χ0) is 21.7. The highest BCUT2D eigenvalue weighted by molar-refractivity contribution is 6.31. The van der Waals surface area contributed by atoms with Crippen LogP contribution in [0.4, 0.5) is 4.39 Å². The van der Waals surface area contributed by atoms with Crippen LogP contribution < -0.4 is 4.74 Å². The Bertz CT molecular complexity index is 878. The first-order valence-electron chi connectivity index (χ1n) is 9.76. The molecule has 0 atom stereocenters. The summed E-state index contributed by atoms with van der Waals surface area (Å²) < 4.78 is 25.0. The van der Waals surface area contributed by atoms with Crippen LogP contribution in [0.2, 0.25) is 5.02 Å². The predicted molar refractivity (Wildman–Crippen MR) is 113 cm³/mol. The summed E-state index contributed by atoms with van der Waals surface area (Å²) in [7, 11) is 0. The van der Waals surface area contributed by atoms with Crippen LogP contribution in [0.15, 0.2) is 24.3 Å². The van der Waals surface area contributed by atoms with Gasteiger partial charge in [-0.1, -0.05) is 51.4 Å². The van der Waals surface area contributed by atoms with E-state index in [2.05, 4.69) is 0 Å². The number of aromatic hydroxyl groups is 1. The van der Waals surface area contributed by atoms with E-state index in [1.807, 2.05) is 39.8 Å². The van der Waals surface area contributed by atoms with E-state index in [1.165, 1.54) is 0 Å². The van der Waals surface area contributed by atoms with Crippen LogP contribution in [-0.2, 0) is 16.0 Å². The molecule has 0 heterocycles. The maximum Gasteiger partial charge on any atom is 0.344 e. The molecule has 0 fully saturated rings. The summed E-state index contributed by atoms with van der Waals surface area (Å²) >= 11 is 6.39. The molecule has 6 heteroatoms. The average Bonchev–Trinajstić information content (AvgIpc) is 2.66. The van der Waals surface area contributed by atoms with Gasteiger partial charge in [0.2, 0.25) is 0 Å². The van der Waals surface area contributed by atoms with Gasteiger partial charge in [-0.3, -0.25) is 0 Å². The van der Waals surface area contributed by atoms with Crippen molar-refractivity contribution in [3.8, 4) is 11.5 Å². The number of phenols is 1. The number of esters is 1. The molecule has 4 nitrogen and oxygen atoms in total. The third-order valence-electron chi connectivity index (χ3n) is 4.68. The summed E-state index contributed by atoms with van der Waals surface area (Å²) in [5, 5.41) is 10.0. The number of carbonyl (C=O) groups excluding carboxylic acids is 1. The highest BCUT2D eigenvalue weighted by Crippen LogP contribution is 2.37. The quantitative estimate of drug-likeness (QED) is 0.533. The van der Waals surface area contributed by atoms with Crippen molar-refractivity contribution >= 4 is 17.6 Å². The molecule has 0 radical (unpaired) electrons. The molecule has 158 valence electrons. The lowest BCUT2D eigenvalue weighted by Gasteiger charge is -2.19. The van der Waals surface area contributed by atoms with E-state index in [4.69, 9.17) is 21.1 Å². The summed E-state index contributed by atoms with van der Waals surface area (Å²) in [5.74, 6) is -0.862. The number of phenolic OH excluding ortho intramolecular Hbond substituents is 1. The maximum atomic E-state index is 14.9. The van der Waals surface area contributed by atoms with Crippen LogP contribution >= 0.6 is 11.6 Å². The van der Waals surface area contributed by atoms with Crippen molar-refractivity contribution in [1.82, 2.24) is 0 Å². The van der Waals surface area contributed by atoms with Crippen LogP contribution in [-0.4, -0.2) is 24.3 Å². The van der Waals surface area contributed by atoms with Gasteiger partial charge in [-0.05, 0) is 59.6 Å². The molecular formula is C23H28ClFO4. The van der Waals surface area contributed by atoms with E-state index < -0.39 is 11.8 Å². The van der Waals surface area contributed by atoms with E-state index in [0.717, 1.165) is 16.7 Å². The molecule has 1 N–H and O–H groups in total. The fraction of sp³-hybridized carbons (Fsp3) is 0.435. The zero-order valence-electron chi connectivity index (χ0n) is 17.5. The molecule has 2 aromatic rings. The van der Waals surface area contributed by atoms with E-state index in [9.17, 15) is 14.3 Å². The van der Waals surface area contributed by atoms with Crippen LogP contribution in [0.5, 0.6) is 11.5 Å². The Morgan fingerprint density at radius 2 is 1.79 bits per heavy atom. The smallest absolute Gasteiger partial charge is 0.344 e. The molecule has 0 amide bonds. The van der Waals surface area contributed by atoms with Gasteiger partial charge < -0.3 is 14.6 Å². The third-order valence-corrected chi connectivity index (χ3v) is 5.07. The Hall–Kier alpha value is -2.27.